The second-order valence-corrected chi connectivity index (χ2v) is 5.30. The molecule has 0 radical (unpaired) electrons. The summed E-state index contributed by atoms with van der Waals surface area (Å²) in [5.41, 5.74) is 0. The van der Waals surface area contributed by atoms with Crippen LogP contribution in [0.4, 0.5) is 0 Å². The van der Waals surface area contributed by atoms with Gasteiger partial charge in [-0.3, -0.25) is 0 Å². The molecule has 0 amide bonds. The van der Waals surface area contributed by atoms with Crippen molar-refractivity contribution in [3.8, 4) is 0 Å². The number of rotatable bonds is 9. The number of aliphatic hydroxyl groups excluding tert-OH is 2. The molecule has 3 heteroatoms. The van der Waals surface area contributed by atoms with Crippen molar-refractivity contribution in [2.75, 3.05) is 0 Å². The fourth-order valence-electron chi connectivity index (χ4n) is 2.52. The smallest absolute Gasteiger partial charge is 0.0864 e. The van der Waals surface area contributed by atoms with Crippen LogP contribution in [0, 0.1) is 0 Å². The van der Waals surface area contributed by atoms with Gasteiger partial charge in [0, 0.05) is 6.42 Å². The van der Waals surface area contributed by atoms with Gasteiger partial charge >= 0.3 is 0 Å². The Hall–Kier alpha value is -0.380. The summed E-state index contributed by atoms with van der Waals surface area (Å²) in [6.07, 6.45) is 8.27. The van der Waals surface area contributed by atoms with Crippen LogP contribution in [0.2, 0.25) is 0 Å². The number of allylic oxidation sites excluding steroid dienone is 1. The summed E-state index contributed by atoms with van der Waals surface area (Å²) in [7, 11) is 0. The Morgan fingerprint density at radius 1 is 1.39 bits per heavy atom. The van der Waals surface area contributed by atoms with Crippen LogP contribution in [0.15, 0.2) is 12.7 Å². The average molecular weight is 256 g/mol. The molecule has 0 aromatic carbocycles. The summed E-state index contributed by atoms with van der Waals surface area (Å²) < 4.78 is 5.79. The van der Waals surface area contributed by atoms with E-state index in [1.807, 2.05) is 6.08 Å². The lowest BCUT2D eigenvalue weighted by Crippen LogP contribution is -2.26. The van der Waals surface area contributed by atoms with E-state index in [4.69, 9.17) is 4.74 Å². The molecule has 3 nitrogen and oxygen atoms in total. The molecule has 1 rings (SSSR count). The van der Waals surface area contributed by atoms with E-state index in [0.29, 0.717) is 6.42 Å². The number of hydrogen-bond acceptors (Lipinski definition) is 3. The summed E-state index contributed by atoms with van der Waals surface area (Å²) in [4.78, 5) is 0. The van der Waals surface area contributed by atoms with Gasteiger partial charge in [0.05, 0.1) is 24.4 Å². The van der Waals surface area contributed by atoms with Gasteiger partial charge in [0.1, 0.15) is 0 Å². The van der Waals surface area contributed by atoms with Crippen LogP contribution in [-0.4, -0.2) is 34.6 Å². The molecule has 1 heterocycles. The fourth-order valence-corrected chi connectivity index (χ4v) is 2.52. The Balaban J connectivity index is 2.26. The SMILES string of the molecule is C=CCCC[C@@H](O)[C@H]1C[C@H](O)[C@H](CCCCC)O1. The molecule has 106 valence electrons. The van der Waals surface area contributed by atoms with Crippen LogP contribution in [-0.2, 0) is 4.74 Å². The van der Waals surface area contributed by atoms with Gasteiger partial charge in [-0.05, 0) is 25.7 Å². The normalized spacial score (nSPS) is 29.4. The minimum absolute atomic E-state index is 0.0735. The molecule has 0 saturated carbocycles. The van der Waals surface area contributed by atoms with Crippen molar-refractivity contribution >= 4 is 0 Å². The van der Waals surface area contributed by atoms with Crippen LogP contribution in [0.25, 0.3) is 0 Å². The van der Waals surface area contributed by atoms with Crippen molar-refractivity contribution in [3.05, 3.63) is 12.7 Å². The Morgan fingerprint density at radius 3 is 2.83 bits per heavy atom. The summed E-state index contributed by atoms with van der Waals surface area (Å²) in [6.45, 7) is 5.83. The van der Waals surface area contributed by atoms with Gasteiger partial charge in [0.15, 0.2) is 0 Å². The maximum atomic E-state index is 10.0. The monoisotopic (exact) mass is 256 g/mol. The predicted molar refractivity (Wildman–Crippen MR) is 73.5 cm³/mol. The van der Waals surface area contributed by atoms with E-state index in [0.717, 1.165) is 32.1 Å². The van der Waals surface area contributed by atoms with Gasteiger partial charge in [-0.1, -0.05) is 32.3 Å². The highest BCUT2D eigenvalue weighted by atomic mass is 16.5. The number of unbranched alkanes of at least 4 members (excludes halogenated alkanes) is 3. The lowest BCUT2D eigenvalue weighted by Gasteiger charge is -2.18. The van der Waals surface area contributed by atoms with Crippen molar-refractivity contribution in [2.24, 2.45) is 0 Å². The molecule has 1 saturated heterocycles. The summed E-state index contributed by atoms with van der Waals surface area (Å²) in [6, 6.07) is 0. The van der Waals surface area contributed by atoms with Crippen molar-refractivity contribution in [3.63, 3.8) is 0 Å². The van der Waals surface area contributed by atoms with Gasteiger partial charge < -0.3 is 14.9 Å². The number of aliphatic hydroxyl groups is 2. The van der Waals surface area contributed by atoms with Gasteiger partial charge in [0.2, 0.25) is 0 Å². The van der Waals surface area contributed by atoms with Crippen LogP contribution in [0.3, 0.4) is 0 Å². The molecule has 0 spiro atoms. The topological polar surface area (TPSA) is 49.7 Å². The van der Waals surface area contributed by atoms with E-state index >= 15 is 0 Å². The molecule has 18 heavy (non-hydrogen) atoms. The zero-order valence-corrected chi connectivity index (χ0v) is 11.6. The largest absolute Gasteiger partial charge is 0.390 e. The third kappa shape index (κ3) is 5.09. The molecular weight excluding hydrogens is 228 g/mol. The Labute approximate surface area is 111 Å². The number of hydrogen-bond donors (Lipinski definition) is 2. The van der Waals surface area contributed by atoms with Crippen LogP contribution >= 0.6 is 0 Å². The van der Waals surface area contributed by atoms with E-state index in [1.54, 1.807) is 0 Å². The lowest BCUT2D eigenvalue weighted by molar-refractivity contribution is -0.0496. The molecule has 1 aliphatic rings. The molecule has 1 aliphatic heterocycles. The molecule has 0 unspecified atom stereocenters. The van der Waals surface area contributed by atoms with Crippen LogP contribution in [0.5, 0.6) is 0 Å². The summed E-state index contributed by atoms with van der Waals surface area (Å²) in [5, 5.41) is 19.9. The molecular formula is C15H28O3. The van der Waals surface area contributed by atoms with E-state index in [-0.39, 0.29) is 12.2 Å². The van der Waals surface area contributed by atoms with Crippen LogP contribution in [0.1, 0.15) is 58.3 Å². The Morgan fingerprint density at radius 2 is 2.17 bits per heavy atom. The first-order chi connectivity index (χ1) is 8.69. The van der Waals surface area contributed by atoms with Gasteiger partial charge in [-0.25, -0.2) is 0 Å². The molecule has 2 N–H and O–H groups in total. The minimum atomic E-state index is -0.448. The van der Waals surface area contributed by atoms with E-state index in [9.17, 15) is 10.2 Å². The van der Waals surface area contributed by atoms with Crippen molar-refractivity contribution < 1.29 is 14.9 Å². The third-order valence-electron chi connectivity index (χ3n) is 3.68. The standard InChI is InChI=1S/C15H28O3/c1-3-5-7-9-12(16)15-11-13(17)14(18-15)10-8-6-4-2/h3,12-17H,1,4-11H2,2H3/t12-,13+,14+,15-/m1/s1. The maximum Gasteiger partial charge on any atom is 0.0864 e. The highest BCUT2D eigenvalue weighted by Gasteiger charge is 2.36. The molecule has 0 aromatic heterocycles. The first-order valence-electron chi connectivity index (χ1n) is 7.31. The lowest BCUT2D eigenvalue weighted by atomic mass is 10.0. The highest BCUT2D eigenvalue weighted by Crippen LogP contribution is 2.28. The number of ether oxygens (including phenoxy) is 1. The molecule has 4 atom stereocenters. The van der Waals surface area contributed by atoms with Crippen LogP contribution < -0.4 is 0 Å². The van der Waals surface area contributed by atoms with E-state index in [1.165, 1.54) is 12.8 Å². The highest BCUT2D eigenvalue weighted by molar-refractivity contribution is 4.86. The molecule has 0 bridgehead atoms. The second-order valence-electron chi connectivity index (χ2n) is 5.30. The first kappa shape index (κ1) is 15.7. The van der Waals surface area contributed by atoms with Crippen molar-refractivity contribution in [2.45, 2.75) is 82.7 Å². The Kier molecular flexibility index (Phi) is 7.56. The second kappa shape index (κ2) is 8.68. The maximum absolute atomic E-state index is 10.0. The molecule has 0 aliphatic carbocycles. The minimum Gasteiger partial charge on any atom is -0.390 e. The summed E-state index contributed by atoms with van der Waals surface area (Å²) in [5.74, 6) is 0. The summed E-state index contributed by atoms with van der Waals surface area (Å²) >= 11 is 0. The van der Waals surface area contributed by atoms with Gasteiger partial charge in [0.25, 0.3) is 0 Å². The zero-order valence-electron chi connectivity index (χ0n) is 11.6. The zero-order chi connectivity index (χ0) is 13.4. The van der Waals surface area contributed by atoms with Crippen molar-refractivity contribution in [1.29, 1.82) is 0 Å². The van der Waals surface area contributed by atoms with E-state index in [2.05, 4.69) is 13.5 Å². The average Bonchev–Trinajstić information content (AvgIpc) is 2.72. The third-order valence-corrected chi connectivity index (χ3v) is 3.68. The predicted octanol–water partition coefficient (Wildman–Crippen LogP) is 2.80. The fraction of sp³-hybridized carbons (Fsp3) is 0.867. The molecule has 0 aromatic rings. The Bertz CT molecular complexity index is 230. The quantitative estimate of drug-likeness (QED) is 0.492. The van der Waals surface area contributed by atoms with Gasteiger partial charge in [-0.15, -0.1) is 6.58 Å². The van der Waals surface area contributed by atoms with Gasteiger partial charge in [-0.2, -0.15) is 0 Å². The van der Waals surface area contributed by atoms with Crippen molar-refractivity contribution in [1.82, 2.24) is 0 Å². The first-order valence-corrected chi connectivity index (χ1v) is 7.31. The molecule has 1 fully saturated rings. The van der Waals surface area contributed by atoms with E-state index < -0.39 is 12.2 Å².